The molecule has 6 aliphatic rings. The highest BCUT2D eigenvalue weighted by Crippen LogP contribution is 2.54. The van der Waals surface area contributed by atoms with Gasteiger partial charge in [-0.15, -0.1) is 0 Å². The van der Waals surface area contributed by atoms with E-state index in [0.29, 0.717) is 22.0 Å². The third kappa shape index (κ3) is 2.97. The molecule has 2 aromatic carbocycles. The molecule has 0 aromatic heterocycles. The van der Waals surface area contributed by atoms with Crippen LogP contribution >= 0.6 is 7.14 Å². The second-order valence-corrected chi connectivity index (χ2v) is 14.9. The van der Waals surface area contributed by atoms with E-state index in [1.165, 1.54) is 9.80 Å². The fraction of sp³-hybridized carbons (Fsp3) is 0.355. The number of anilines is 2. The monoisotopic (exact) mass is 538 g/mol. The van der Waals surface area contributed by atoms with Gasteiger partial charge in [0.2, 0.25) is 23.6 Å². The van der Waals surface area contributed by atoms with Crippen molar-refractivity contribution >= 4 is 52.8 Å². The lowest BCUT2D eigenvalue weighted by molar-refractivity contribution is -0.124. The normalized spacial score (nSPS) is 35.6. The van der Waals surface area contributed by atoms with E-state index in [-0.39, 0.29) is 71.0 Å². The van der Waals surface area contributed by atoms with Gasteiger partial charge in [-0.2, -0.15) is 0 Å². The first kappa shape index (κ1) is 23.3. The smallest absolute Gasteiger partial charge is 0.238 e. The number of allylic oxidation sites excluding steroid dienone is 4. The maximum Gasteiger partial charge on any atom is 0.238 e. The van der Waals surface area contributed by atoms with Gasteiger partial charge in [0.25, 0.3) is 0 Å². The van der Waals surface area contributed by atoms with Gasteiger partial charge in [0, 0.05) is 10.6 Å². The highest BCUT2D eigenvalue weighted by molar-refractivity contribution is 7.78. The van der Waals surface area contributed by atoms with Gasteiger partial charge < -0.3 is 4.57 Å². The van der Waals surface area contributed by atoms with E-state index in [2.05, 4.69) is 24.3 Å². The molecule has 2 saturated carbocycles. The fourth-order valence-electron chi connectivity index (χ4n) is 8.26. The molecule has 0 N–H and O–H groups in total. The van der Waals surface area contributed by atoms with Crippen molar-refractivity contribution in [1.82, 2.24) is 0 Å². The van der Waals surface area contributed by atoms with Gasteiger partial charge in [-0.1, -0.05) is 48.6 Å². The van der Waals surface area contributed by atoms with Gasteiger partial charge in [0.15, 0.2) is 0 Å². The Morgan fingerprint density at radius 1 is 0.590 bits per heavy atom. The van der Waals surface area contributed by atoms with E-state index < -0.39 is 7.14 Å². The summed E-state index contributed by atoms with van der Waals surface area (Å²) in [6.07, 6.45) is 9.98. The van der Waals surface area contributed by atoms with Gasteiger partial charge in [0.1, 0.15) is 7.14 Å². The van der Waals surface area contributed by atoms with Gasteiger partial charge in [-0.05, 0) is 67.4 Å². The van der Waals surface area contributed by atoms with Gasteiger partial charge in [-0.3, -0.25) is 19.2 Å². The quantitative estimate of drug-likeness (QED) is 0.339. The molecule has 0 spiro atoms. The minimum absolute atomic E-state index is 0.117. The van der Waals surface area contributed by atoms with E-state index in [1.807, 2.05) is 0 Å². The predicted molar refractivity (Wildman–Crippen MR) is 146 cm³/mol. The molecule has 8 atom stereocenters. The molecule has 4 amide bonds. The largest absolute Gasteiger partial charge is 0.314 e. The number of hydrogen-bond donors (Lipinski definition) is 0. The zero-order valence-corrected chi connectivity index (χ0v) is 22.2. The summed E-state index contributed by atoms with van der Waals surface area (Å²) in [5.74, 6) is -1.44. The van der Waals surface area contributed by atoms with Crippen molar-refractivity contribution in [1.29, 1.82) is 0 Å². The van der Waals surface area contributed by atoms with Crippen LogP contribution in [0.4, 0.5) is 11.4 Å². The zero-order chi connectivity index (χ0) is 26.8. The first-order valence-corrected chi connectivity index (χ1v) is 15.8. The average Bonchev–Trinajstić information content (AvgIpc) is 3.77. The Balaban J connectivity index is 1.11. The highest BCUT2D eigenvalue weighted by Gasteiger charge is 2.60. The van der Waals surface area contributed by atoms with Crippen molar-refractivity contribution in [2.75, 3.05) is 16.5 Å². The first-order valence-electron chi connectivity index (χ1n) is 13.7. The van der Waals surface area contributed by atoms with E-state index in [9.17, 15) is 23.7 Å². The number of amides is 4. The summed E-state index contributed by atoms with van der Waals surface area (Å²) < 4.78 is 14.3. The number of carbonyl (C=O) groups is 4. The third-order valence-corrected chi connectivity index (χ3v) is 12.6. The van der Waals surface area contributed by atoms with Gasteiger partial charge in [-0.25, -0.2) is 9.80 Å². The van der Waals surface area contributed by atoms with E-state index in [0.717, 1.165) is 12.8 Å². The highest BCUT2D eigenvalue weighted by atomic mass is 31.2. The van der Waals surface area contributed by atoms with E-state index in [4.69, 9.17) is 0 Å². The molecule has 0 unspecified atom stereocenters. The Labute approximate surface area is 225 Å². The predicted octanol–water partition coefficient (Wildman–Crippen LogP) is 3.25. The summed E-state index contributed by atoms with van der Waals surface area (Å²) in [4.78, 5) is 55.9. The fourth-order valence-corrected chi connectivity index (χ4v) is 10.1. The standard InChI is InChI=1S/C31H27N2O5P/c1-39(38,22-6-2-4-20(14-22)32-28(34)24-16-8-9-17(12-16)25(24)29(32)35)23-7-3-5-21(15-23)33-30(36)26-18-10-11-19(13-18)27(26)31(33)37/h2-11,14-19,24-27H,12-13H2,1H3/t16-,17+,18-,19+,24-,25+,26-,27+. The molecule has 2 saturated heterocycles. The van der Waals surface area contributed by atoms with Crippen LogP contribution in [0.2, 0.25) is 0 Å². The minimum Gasteiger partial charge on any atom is -0.314 e. The summed E-state index contributed by atoms with van der Waals surface area (Å²) >= 11 is 0. The van der Waals surface area contributed by atoms with Crippen molar-refractivity contribution in [3.63, 3.8) is 0 Å². The lowest BCUT2D eigenvalue weighted by Crippen LogP contribution is -2.34. The number of benzene rings is 2. The number of imide groups is 2. The number of nitrogens with zero attached hydrogens (tertiary/aromatic N) is 2. The molecular formula is C31H27N2O5P. The Hall–Kier alpha value is -3.57. The van der Waals surface area contributed by atoms with Crippen LogP contribution < -0.4 is 20.4 Å². The van der Waals surface area contributed by atoms with Crippen molar-refractivity contribution in [3.8, 4) is 0 Å². The van der Waals surface area contributed by atoms with Gasteiger partial charge >= 0.3 is 0 Å². The van der Waals surface area contributed by atoms with Crippen LogP contribution in [0, 0.1) is 47.3 Å². The Bertz CT molecular complexity index is 1450. The molecule has 2 heterocycles. The number of rotatable bonds is 4. The summed E-state index contributed by atoms with van der Waals surface area (Å²) in [5, 5.41) is 1.02. The Morgan fingerprint density at radius 3 is 1.26 bits per heavy atom. The van der Waals surface area contributed by atoms with Crippen molar-refractivity contribution in [2.24, 2.45) is 47.3 Å². The average molecular weight is 539 g/mol. The van der Waals surface area contributed by atoms with Crippen LogP contribution in [0.1, 0.15) is 12.8 Å². The van der Waals surface area contributed by atoms with Crippen molar-refractivity contribution in [2.45, 2.75) is 12.8 Å². The molecule has 4 aliphatic carbocycles. The van der Waals surface area contributed by atoms with Gasteiger partial charge in [0.05, 0.1) is 35.0 Å². The number of fused-ring (bicyclic) bond motifs is 10. The molecule has 2 aromatic rings. The molecule has 4 bridgehead atoms. The summed E-state index contributed by atoms with van der Waals surface area (Å²) in [7, 11) is -3.20. The Morgan fingerprint density at radius 2 is 0.923 bits per heavy atom. The molecule has 196 valence electrons. The SMILES string of the molecule is CP(=O)(c1cccc(N2C(=O)[C@@H]3[C@H](C2=O)[C@@H]2C=C[C@H]3C2)c1)c1cccc(N2C(=O)[C@@H]3[C@H](C2=O)[C@@H]2C=C[C@H]3C2)c1. The maximum absolute atomic E-state index is 14.3. The Kier molecular flexibility index (Phi) is 4.64. The van der Waals surface area contributed by atoms with Crippen LogP contribution in [0.5, 0.6) is 0 Å². The minimum atomic E-state index is -3.20. The zero-order valence-electron chi connectivity index (χ0n) is 21.3. The maximum atomic E-state index is 14.3. The number of carbonyl (C=O) groups excluding carboxylic acids is 4. The lowest BCUT2D eigenvalue weighted by atomic mass is 9.85. The summed E-state index contributed by atoms with van der Waals surface area (Å²) in [6.45, 7) is 1.64. The molecule has 7 nitrogen and oxygen atoms in total. The number of hydrogen-bond acceptors (Lipinski definition) is 5. The molecule has 4 fully saturated rings. The van der Waals surface area contributed by atoms with Crippen LogP contribution in [0.15, 0.2) is 72.8 Å². The third-order valence-electron chi connectivity index (χ3n) is 10.1. The van der Waals surface area contributed by atoms with Crippen LogP contribution in [-0.2, 0) is 23.7 Å². The molecule has 39 heavy (non-hydrogen) atoms. The second-order valence-electron chi connectivity index (χ2n) is 12.0. The van der Waals surface area contributed by atoms with Crippen molar-refractivity contribution in [3.05, 3.63) is 72.8 Å². The molecule has 0 radical (unpaired) electrons. The first-order chi connectivity index (χ1) is 18.8. The molecule has 8 heteroatoms. The topological polar surface area (TPSA) is 91.8 Å². The van der Waals surface area contributed by atoms with Crippen LogP contribution in [-0.4, -0.2) is 30.3 Å². The molecule has 8 rings (SSSR count). The van der Waals surface area contributed by atoms with Crippen LogP contribution in [0.25, 0.3) is 0 Å². The summed E-state index contributed by atoms with van der Waals surface area (Å²) in [6, 6.07) is 13.7. The lowest BCUT2D eigenvalue weighted by Gasteiger charge is -2.22. The van der Waals surface area contributed by atoms with Crippen molar-refractivity contribution < 1.29 is 23.7 Å². The van der Waals surface area contributed by atoms with E-state index in [1.54, 1.807) is 55.2 Å². The second kappa shape index (κ2) is 7.76. The molecular weight excluding hydrogens is 511 g/mol. The van der Waals surface area contributed by atoms with Crippen LogP contribution in [0.3, 0.4) is 0 Å². The van der Waals surface area contributed by atoms with E-state index >= 15 is 0 Å². The molecule has 2 aliphatic heterocycles. The summed E-state index contributed by atoms with van der Waals surface area (Å²) in [5.41, 5.74) is 0.880.